The number of hydrogen-bond acceptors (Lipinski definition) is 6. The average molecular weight is 412 g/mol. The highest BCUT2D eigenvalue weighted by Crippen LogP contribution is 2.26. The Kier molecular flexibility index (Phi) is 5.68. The van der Waals surface area contributed by atoms with Crippen LogP contribution in [0.3, 0.4) is 0 Å². The molecule has 5 rings (SSSR count). The van der Waals surface area contributed by atoms with Crippen LogP contribution in [0, 0.1) is 0 Å². The second-order valence-corrected chi connectivity index (χ2v) is 8.29. The maximum Gasteiger partial charge on any atom is 0.249 e. The van der Waals surface area contributed by atoms with E-state index in [9.17, 15) is 4.79 Å². The quantitative estimate of drug-likeness (QED) is 0.767. The molecule has 1 amide bonds. The van der Waals surface area contributed by atoms with Crippen molar-refractivity contribution < 1.29 is 14.3 Å². The third-order valence-corrected chi connectivity index (χ3v) is 6.23. The number of fused-ring (bicyclic) bond motifs is 2. The summed E-state index contributed by atoms with van der Waals surface area (Å²) in [6, 6.07) is 6.57. The third kappa shape index (κ3) is 4.20. The van der Waals surface area contributed by atoms with E-state index in [1.807, 2.05) is 0 Å². The minimum Gasteiger partial charge on any atom is -0.493 e. The van der Waals surface area contributed by atoms with Gasteiger partial charge in [0.1, 0.15) is 23.5 Å². The Balaban J connectivity index is 1.15. The Bertz CT molecular complexity index is 906. The van der Waals surface area contributed by atoms with Gasteiger partial charge in [-0.3, -0.25) is 9.69 Å². The van der Waals surface area contributed by atoms with E-state index in [1.54, 1.807) is 0 Å². The maximum atomic E-state index is 12.1. The summed E-state index contributed by atoms with van der Waals surface area (Å²) in [6.45, 7) is 5.82. The van der Waals surface area contributed by atoms with E-state index in [0.29, 0.717) is 19.6 Å². The van der Waals surface area contributed by atoms with Crippen molar-refractivity contribution >= 4 is 5.91 Å². The van der Waals surface area contributed by atoms with Crippen LogP contribution in [0.2, 0.25) is 0 Å². The first-order valence-corrected chi connectivity index (χ1v) is 11.0. The fourth-order valence-corrected chi connectivity index (χ4v) is 4.56. The first kappa shape index (κ1) is 19.5. The highest BCUT2D eigenvalue weighted by atomic mass is 16.5. The summed E-state index contributed by atoms with van der Waals surface area (Å²) in [5.41, 5.74) is 2.67. The Hall–Kier alpha value is -2.45. The number of benzene rings is 1. The number of hydrogen-bond donors (Lipinski definition) is 1. The van der Waals surface area contributed by atoms with Gasteiger partial charge in [-0.25, -0.2) is 0 Å². The number of aromatic nitrogens is 3. The van der Waals surface area contributed by atoms with Crippen molar-refractivity contribution in [2.45, 2.75) is 51.3 Å². The number of carbonyl (C=O) groups excluding carboxylic acids is 1. The van der Waals surface area contributed by atoms with Crippen LogP contribution in [0.4, 0.5) is 0 Å². The molecule has 160 valence electrons. The monoisotopic (exact) mass is 411 g/mol. The van der Waals surface area contributed by atoms with Crippen LogP contribution in [-0.4, -0.2) is 64.5 Å². The molecule has 0 bridgehead atoms. The summed E-state index contributed by atoms with van der Waals surface area (Å²) in [5, 5.41) is 11.8. The van der Waals surface area contributed by atoms with Crippen LogP contribution >= 0.6 is 0 Å². The average Bonchev–Trinajstić information content (AvgIpc) is 3.49. The molecule has 1 fully saturated rings. The van der Waals surface area contributed by atoms with Gasteiger partial charge in [-0.1, -0.05) is 12.1 Å². The van der Waals surface area contributed by atoms with Crippen molar-refractivity contribution in [3.8, 4) is 5.75 Å². The Morgan fingerprint density at radius 2 is 2.13 bits per heavy atom. The molecule has 1 saturated heterocycles. The van der Waals surface area contributed by atoms with Gasteiger partial charge < -0.3 is 19.4 Å². The van der Waals surface area contributed by atoms with Crippen molar-refractivity contribution in [2.75, 3.05) is 32.8 Å². The molecule has 0 radical (unpaired) electrons. The topological polar surface area (TPSA) is 81.5 Å². The van der Waals surface area contributed by atoms with E-state index in [-0.39, 0.29) is 12.0 Å². The lowest BCUT2D eigenvalue weighted by atomic mass is 10.1. The van der Waals surface area contributed by atoms with Crippen LogP contribution < -0.4 is 10.1 Å². The van der Waals surface area contributed by atoms with Gasteiger partial charge in [0, 0.05) is 58.6 Å². The van der Waals surface area contributed by atoms with Gasteiger partial charge in [-0.2, -0.15) is 0 Å². The molecular formula is C22H29N5O3. The molecule has 1 atom stereocenters. The number of nitrogens with zero attached hydrogens (tertiary/aromatic N) is 4. The predicted octanol–water partition coefficient (Wildman–Crippen LogP) is 1.11. The Labute approximate surface area is 176 Å². The van der Waals surface area contributed by atoms with E-state index < -0.39 is 0 Å². The highest BCUT2D eigenvalue weighted by Gasteiger charge is 2.24. The standard InChI is InChI=1S/C22H29N5O3/c28-22(19-2-1-12-29-19)23-8-5-20-24-25-21-6-9-26(10-11-27(20)21)15-16-3-4-18-17(14-16)7-13-30-18/h3-4,14,19H,1-2,5-13,15H2,(H,23,28). The van der Waals surface area contributed by atoms with Crippen LogP contribution in [0.1, 0.15) is 35.6 Å². The molecule has 0 saturated carbocycles. The SMILES string of the molecule is O=C(NCCc1nnc2n1CCN(Cc1ccc3c(c1)CCO3)CC2)C1CCCO1. The normalized spacial score (nSPS) is 21.0. The lowest BCUT2D eigenvalue weighted by Crippen LogP contribution is -2.35. The molecule has 2 aromatic rings. The first-order chi connectivity index (χ1) is 14.8. The van der Waals surface area contributed by atoms with Crippen LogP contribution in [0.15, 0.2) is 18.2 Å². The summed E-state index contributed by atoms with van der Waals surface area (Å²) < 4.78 is 13.3. The second-order valence-electron chi connectivity index (χ2n) is 8.29. The van der Waals surface area contributed by atoms with Gasteiger partial charge in [-0.05, 0) is 30.0 Å². The molecule has 1 aromatic carbocycles. The summed E-state index contributed by atoms with van der Waals surface area (Å²) in [4.78, 5) is 14.6. The molecule has 4 heterocycles. The zero-order valence-corrected chi connectivity index (χ0v) is 17.3. The van der Waals surface area contributed by atoms with Crippen LogP contribution in [-0.2, 0) is 41.9 Å². The zero-order valence-electron chi connectivity index (χ0n) is 17.3. The molecule has 1 N–H and O–H groups in total. The fraction of sp³-hybridized carbons (Fsp3) is 0.591. The Morgan fingerprint density at radius 1 is 1.17 bits per heavy atom. The number of rotatable bonds is 6. The lowest BCUT2D eigenvalue weighted by Gasteiger charge is -2.20. The minimum atomic E-state index is -0.278. The second kappa shape index (κ2) is 8.73. The van der Waals surface area contributed by atoms with Crippen molar-refractivity contribution in [3.63, 3.8) is 0 Å². The van der Waals surface area contributed by atoms with Gasteiger partial charge >= 0.3 is 0 Å². The summed E-state index contributed by atoms with van der Waals surface area (Å²) >= 11 is 0. The summed E-state index contributed by atoms with van der Waals surface area (Å²) in [7, 11) is 0. The molecule has 1 unspecified atom stereocenters. The first-order valence-electron chi connectivity index (χ1n) is 11.0. The molecule has 0 spiro atoms. The summed E-state index contributed by atoms with van der Waals surface area (Å²) in [5.74, 6) is 3.03. The zero-order chi connectivity index (χ0) is 20.3. The number of carbonyl (C=O) groups is 1. The smallest absolute Gasteiger partial charge is 0.249 e. The number of amides is 1. The van der Waals surface area contributed by atoms with Gasteiger partial charge in [0.05, 0.1) is 6.61 Å². The highest BCUT2D eigenvalue weighted by molar-refractivity contribution is 5.80. The van der Waals surface area contributed by atoms with Crippen molar-refractivity contribution in [3.05, 3.63) is 41.0 Å². The van der Waals surface area contributed by atoms with Gasteiger partial charge in [-0.15, -0.1) is 10.2 Å². The lowest BCUT2D eigenvalue weighted by molar-refractivity contribution is -0.130. The molecule has 8 heteroatoms. The van der Waals surface area contributed by atoms with E-state index in [4.69, 9.17) is 9.47 Å². The van der Waals surface area contributed by atoms with E-state index in [1.165, 1.54) is 11.1 Å². The van der Waals surface area contributed by atoms with Crippen LogP contribution in [0.5, 0.6) is 5.75 Å². The van der Waals surface area contributed by atoms with E-state index in [2.05, 4.69) is 43.2 Å². The van der Waals surface area contributed by atoms with E-state index >= 15 is 0 Å². The molecule has 8 nitrogen and oxygen atoms in total. The van der Waals surface area contributed by atoms with Crippen molar-refractivity contribution in [1.29, 1.82) is 0 Å². The summed E-state index contributed by atoms with van der Waals surface area (Å²) in [6.07, 6.45) is 4.10. The van der Waals surface area contributed by atoms with Crippen molar-refractivity contribution in [2.24, 2.45) is 0 Å². The van der Waals surface area contributed by atoms with E-state index in [0.717, 1.165) is 75.9 Å². The molecule has 1 aromatic heterocycles. The number of nitrogens with one attached hydrogen (secondary N) is 1. The third-order valence-electron chi connectivity index (χ3n) is 6.23. The number of ether oxygens (including phenoxy) is 2. The molecular weight excluding hydrogens is 382 g/mol. The Morgan fingerprint density at radius 3 is 3.03 bits per heavy atom. The predicted molar refractivity (Wildman–Crippen MR) is 110 cm³/mol. The maximum absolute atomic E-state index is 12.1. The van der Waals surface area contributed by atoms with Crippen molar-refractivity contribution in [1.82, 2.24) is 25.0 Å². The molecule has 0 aliphatic carbocycles. The van der Waals surface area contributed by atoms with Gasteiger partial charge in [0.25, 0.3) is 0 Å². The molecule has 30 heavy (non-hydrogen) atoms. The fourth-order valence-electron chi connectivity index (χ4n) is 4.56. The molecule has 3 aliphatic heterocycles. The van der Waals surface area contributed by atoms with Crippen LogP contribution in [0.25, 0.3) is 0 Å². The largest absolute Gasteiger partial charge is 0.493 e. The van der Waals surface area contributed by atoms with Gasteiger partial charge in [0.2, 0.25) is 5.91 Å². The van der Waals surface area contributed by atoms with Gasteiger partial charge in [0.15, 0.2) is 0 Å². The minimum absolute atomic E-state index is 0.00553. The molecule has 3 aliphatic rings.